The van der Waals surface area contributed by atoms with Gasteiger partial charge >= 0.3 is 0 Å². The molecule has 4 nitrogen and oxygen atoms in total. The van der Waals surface area contributed by atoms with Gasteiger partial charge in [0, 0.05) is 5.56 Å². The van der Waals surface area contributed by atoms with Crippen molar-refractivity contribution in [1.29, 1.82) is 15.8 Å². The average molecular weight is 181 g/mol. The molecule has 14 heavy (non-hydrogen) atoms. The van der Waals surface area contributed by atoms with Crippen molar-refractivity contribution in [2.45, 2.75) is 0 Å². The summed E-state index contributed by atoms with van der Waals surface area (Å²) in [6, 6.07) is 7.85. The molecule has 1 aromatic carbocycles. The van der Waals surface area contributed by atoms with Crippen molar-refractivity contribution in [2.24, 2.45) is 0 Å². The van der Waals surface area contributed by atoms with Crippen molar-refractivity contribution in [3.05, 3.63) is 34.4 Å². The minimum Gasteiger partial charge on any atom is -0.298 e. The SMILES string of the molecule is N#Cc1cc(C=O)cc(C#N)c1C#N. The van der Waals surface area contributed by atoms with Gasteiger partial charge in [0.1, 0.15) is 24.5 Å². The van der Waals surface area contributed by atoms with Crippen molar-refractivity contribution < 1.29 is 4.79 Å². The van der Waals surface area contributed by atoms with E-state index in [0.29, 0.717) is 6.29 Å². The molecule has 0 aliphatic rings. The van der Waals surface area contributed by atoms with E-state index in [0.717, 1.165) is 0 Å². The fourth-order valence-electron chi connectivity index (χ4n) is 1.03. The molecule has 0 aliphatic heterocycles. The second-order valence-electron chi connectivity index (χ2n) is 2.44. The first-order valence-electron chi connectivity index (χ1n) is 3.60. The van der Waals surface area contributed by atoms with Crippen molar-refractivity contribution in [3.8, 4) is 18.2 Å². The van der Waals surface area contributed by atoms with Gasteiger partial charge in [-0.3, -0.25) is 4.79 Å². The number of hydrogen-bond acceptors (Lipinski definition) is 4. The monoisotopic (exact) mass is 181 g/mol. The van der Waals surface area contributed by atoms with Gasteiger partial charge in [-0.1, -0.05) is 0 Å². The molecule has 0 spiro atoms. The third-order valence-corrected chi connectivity index (χ3v) is 1.65. The van der Waals surface area contributed by atoms with Crippen molar-refractivity contribution in [1.82, 2.24) is 0 Å². The van der Waals surface area contributed by atoms with Gasteiger partial charge in [-0.15, -0.1) is 0 Å². The van der Waals surface area contributed by atoms with E-state index in [9.17, 15) is 4.79 Å². The van der Waals surface area contributed by atoms with Crippen molar-refractivity contribution in [2.75, 3.05) is 0 Å². The molecule has 1 aromatic rings. The topological polar surface area (TPSA) is 88.4 Å². The lowest BCUT2D eigenvalue weighted by atomic mass is 10.0. The summed E-state index contributed by atoms with van der Waals surface area (Å²) in [5, 5.41) is 26.0. The van der Waals surface area contributed by atoms with Crippen molar-refractivity contribution in [3.63, 3.8) is 0 Å². The Bertz CT molecular complexity index is 477. The van der Waals surface area contributed by atoms with Crippen LogP contribution in [-0.2, 0) is 0 Å². The normalized spacial score (nSPS) is 8.07. The minimum absolute atomic E-state index is 0.0144. The van der Waals surface area contributed by atoms with Crippen LogP contribution in [0.15, 0.2) is 12.1 Å². The second-order valence-corrected chi connectivity index (χ2v) is 2.44. The predicted molar refractivity (Wildman–Crippen MR) is 46.0 cm³/mol. The van der Waals surface area contributed by atoms with Gasteiger partial charge < -0.3 is 0 Å². The van der Waals surface area contributed by atoms with Crippen LogP contribution >= 0.6 is 0 Å². The highest BCUT2D eigenvalue weighted by Crippen LogP contribution is 2.14. The largest absolute Gasteiger partial charge is 0.298 e. The molecule has 0 aromatic heterocycles. The summed E-state index contributed by atoms with van der Waals surface area (Å²) in [5.74, 6) is 0. The highest BCUT2D eigenvalue weighted by Gasteiger charge is 2.09. The lowest BCUT2D eigenvalue weighted by molar-refractivity contribution is 0.112. The molecule has 0 heterocycles. The smallest absolute Gasteiger partial charge is 0.150 e. The standard InChI is InChI=1S/C10H3N3O/c11-3-8-1-7(6-14)2-9(4-12)10(8)5-13/h1-2,6H. The fraction of sp³-hybridized carbons (Fsp3) is 0. The first kappa shape index (κ1) is 9.45. The van der Waals surface area contributed by atoms with Crippen LogP contribution < -0.4 is 0 Å². The molecule has 4 heteroatoms. The first-order valence-corrected chi connectivity index (χ1v) is 3.60. The van der Waals surface area contributed by atoms with Gasteiger partial charge in [-0.05, 0) is 12.1 Å². The minimum atomic E-state index is 0.0144. The molecule has 0 saturated carbocycles. The molecule has 1 rings (SSSR count). The lowest BCUT2D eigenvalue weighted by Gasteiger charge is -1.98. The van der Waals surface area contributed by atoms with E-state index in [1.54, 1.807) is 18.2 Å². The Morgan fingerprint density at radius 3 is 1.79 bits per heavy atom. The number of nitriles is 3. The van der Waals surface area contributed by atoms with Crippen LogP contribution in [0.25, 0.3) is 0 Å². The number of carbonyl (C=O) groups is 1. The third kappa shape index (κ3) is 1.43. The van der Waals surface area contributed by atoms with Crippen LogP contribution in [0.2, 0.25) is 0 Å². The number of hydrogen-bond donors (Lipinski definition) is 0. The molecule has 0 atom stereocenters. The molecule has 64 valence electrons. The fourth-order valence-corrected chi connectivity index (χ4v) is 1.03. The van der Waals surface area contributed by atoms with Gasteiger partial charge in [-0.25, -0.2) is 0 Å². The Morgan fingerprint density at radius 1 is 1.00 bits per heavy atom. The van der Waals surface area contributed by atoms with E-state index < -0.39 is 0 Å². The molecular formula is C10H3N3O. The highest BCUT2D eigenvalue weighted by molar-refractivity contribution is 5.78. The van der Waals surface area contributed by atoms with Crippen LogP contribution in [0.1, 0.15) is 27.0 Å². The van der Waals surface area contributed by atoms with E-state index in [1.807, 2.05) is 0 Å². The Morgan fingerprint density at radius 2 is 1.50 bits per heavy atom. The predicted octanol–water partition coefficient (Wildman–Crippen LogP) is 1.11. The van der Waals surface area contributed by atoms with Gasteiger partial charge in [-0.2, -0.15) is 15.8 Å². The third-order valence-electron chi connectivity index (χ3n) is 1.65. The maximum absolute atomic E-state index is 10.4. The summed E-state index contributed by atoms with van der Waals surface area (Å²) < 4.78 is 0. The average Bonchev–Trinajstić information content (AvgIpc) is 2.26. The zero-order valence-electron chi connectivity index (χ0n) is 6.98. The molecule has 0 amide bonds. The Balaban J connectivity index is 3.62. The van der Waals surface area contributed by atoms with Crippen LogP contribution in [-0.4, -0.2) is 6.29 Å². The van der Waals surface area contributed by atoms with Crippen LogP contribution in [0.3, 0.4) is 0 Å². The molecule has 0 radical (unpaired) electrons. The Hall–Kier alpha value is -2.64. The second kappa shape index (κ2) is 3.85. The molecule has 0 saturated heterocycles. The molecule has 0 unspecified atom stereocenters. The zero-order valence-corrected chi connectivity index (χ0v) is 6.98. The summed E-state index contributed by atoms with van der Waals surface area (Å²) in [7, 11) is 0. The maximum Gasteiger partial charge on any atom is 0.150 e. The maximum atomic E-state index is 10.4. The quantitative estimate of drug-likeness (QED) is 0.607. The number of rotatable bonds is 1. The van der Waals surface area contributed by atoms with Crippen LogP contribution in [0.5, 0.6) is 0 Å². The molecule has 0 bridgehead atoms. The Labute approximate surface area is 80.2 Å². The van der Waals surface area contributed by atoms with E-state index in [4.69, 9.17) is 15.8 Å². The summed E-state index contributed by atoms with van der Waals surface area (Å²) in [5.41, 5.74) is 0.333. The summed E-state index contributed by atoms with van der Waals surface area (Å²) in [4.78, 5) is 10.4. The summed E-state index contributed by atoms with van der Waals surface area (Å²) in [6.07, 6.45) is 0.531. The van der Waals surface area contributed by atoms with Gasteiger partial charge in [0.2, 0.25) is 0 Å². The van der Waals surface area contributed by atoms with E-state index in [-0.39, 0.29) is 22.3 Å². The zero-order chi connectivity index (χ0) is 10.6. The van der Waals surface area contributed by atoms with Gasteiger partial charge in [0.05, 0.1) is 16.7 Å². The summed E-state index contributed by atoms with van der Waals surface area (Å²) in [6.45, 7) is 0. The molecule has 0 aliphatic carbocycles. The van der Waals surface area contributed by atoms with Gasteiger partial charge in [0.25, 0.3) is 0 Å². The lowest BCUT2D eigenvalue weighted by Crippen LogP contribution is -1.93. The van der Waals surface area contributed by atoms with Crippen LogP contribution in [0, 0.1) is 34.0 Å². The van der Waals surface area contributed by atoms with E-state index in [1.165, 1.54) is 12.1 Å². The number of benzene rings is 1. The molecule has 0 N–H and O–H groups in total. The van der Waals surface area contributed by atoms with E-state index in [2.05, 4.69) is 0 Å². The number of carbonyl (C=O) groups excluding carboxylic acids is 1. The molecule has 0 fully saturated rings. The molecular weight excluding hydrogens is 178 g/mol. The number of aldehydes is 1. The van der Waals surface area contributed by atoms with Crippen molar-refractivity contribution >= 4 is 6.29 Å². The highest BCUT2D eigenvalue weighted by atomic mass is 16.1. The number of nitrogens with zero attached hydrogens (tertiary/aromatic N) is 3. The Kier molecular flexibility index (Phi) is 2.60. The summed E-state index contributed by atoms with van der Waals surface area (Å²) >= 11 is 0. The van der Waals surface area contributed by atoms with Crippen LogP contribution in [0.4, 0.5) is 0 Å². The van der Waals surface area contributed by atoms with E-state index >= 15 is 0 Å². The van der Waals surface area contributed by atoms with Gasteiger partial charge in [0.15, 0.2) is 0 Å². The first-order chi connectivity index (χ1) is 6.76.